The van der Waals surface area contributed by atoms with E-state index in [1.807, 2.05) is 121 Å². The number of benzene rings is 4. The Hall–Kier alpha value is -5.34. The molecule has 3 aliphatic rings. The largest absolute Gasteiger partial charge is 0.448 e. The summed E-state index contributed by atoms with van der Waals surface area (Å²) in [7, 11) is 0. The first-order valence-electron chi connectivity index (χ1n) is 18.2. The molecule has 0 radical (unpaired) electrons. The van der Waals surface area contributed by atoms with Crippen molar-refractivity contribution in [2.45, 2.75) is 28.3 Å². The van der Waals surface area contributed by atoms with Crippen LogP contribution in [0.4, 0.5) is 10.5 Å². The molecule has 2 N–H and O–H groups in total. The molecular formula is C43H38N4O6S3. The second-order valence-corrected chi connectivity index (χ2v) is 16.9. The van der Waals surface area contributed by atoms with Crippen molar-refractivity contribution >= 4 is 68.6 Å². The minimum atomic E-state index is -0.688. The van der Waals surface area contributed by atoms with Crippen molar-refractivity contribution < 1.29 is 23.9 Å². The van der Waals surface area contributed by atoms with Crippen molar-refractivity contribution in [3.63, 3.8) is 0 Å². The van der Waals surface area contributed by atoms with Crippen molar-refractivity contribution in [1.29, 1.82) is 0 Å². The smallest absolute Gasteiger partial charge is 0.410 e. The number of nitrogens with two attached hydrogens (primary N) is 1. The van der Waals surface area contributed by atoms with Gasteiger partial charge >= 0.3 is 12.1 Å². The second-order valence-electron chi connectivity index (χ2n) is 13.5. The van der Waals surface area contributed by atoms with E-state index >= 15 is 0 Å². The fraction of sp³-hybridized carbons (Fsp3) is 0.209. The lowest BCUT2D eigenvalue weighted by Gasteiger charge is -2.48. The number of rotatable bonds is 10. The van der Waals surface area contributed by atoms with Crippen LogP contribution in [0.25, 0.3) is 10.1 Å². The molecule has 2 fully saturated rings. The van der Waals surface area contributed by atoms with E-state index in [-0.39, 0.29) is 35.1 Å². The van der Waals surface area contributed by atoms with Gasteiger partial charge in [-0.1, -0.05) is 103 Å². The Bertz CT molecular complexity index is 2330. The molecule has 284 valence electrons. The summed E-state index contributed by atoms with van der Waals surface area (Å²) < 4.78 is 13.4. The molecule has 4 heterocycles. The Morgan fingerprint density at radius 1 is 0.857 bits per heavy atom. The average Bonchev–Trinajstić information content (AvgIpc) is 3.25. The molecule has 0 unspecified atom stereocenters. The summed E-state index contributed by atoms with van der Waals surface area (Å²) in [5.41, 5.74) is 10.4. The molecule has 8 rings (SSSR count). The Balaban J connectivity index is 0.979. The number of fused-ring (bicyclic) bond motifs is 2. The molecule has 3 aliphatic heterocycles. The van der Waals surface area contributed by atoms with Gasteiger partial charge in [0.2, 0.25) is 5.91 Å². The molecule has 2 saturated heterocycles. The van der Waals surface area contributed by atoms with Crippen molar-refractivity contribution in [3.05, 3.63) is 165 Å². The lowest BCUT2D eigenvalue weighted by Crippen LogP contribution is -2.68. The first kappa shape index (κ1) is 37.6. The van der Waals surface area contributed by atoms with Crippen LogP contribution in [0, 0.1) is 0 Å². The summed E-state index contributed by atoms with van der Waals surface area (Å²) in [4.78, 5) is 58.5. The Morgan fingerprint density at radius 2 is 1.52 bits per heavy atom. The predicted molar refractivity (Wildman–Crippen MR) is 222 cm³/mol. The summed E-state index contributed by atoms with van der Waals surface area (Å²) in [5, 5.41) is 2.13. The highest BCUT2D eigenvalue weighted by Gasteiger charge is 2.52. The zero-order valence-electron chi connectivity index (χ0n) is 30.2. The monoisotopic (exact) mass is 802 g/mol. The summed E-state index contributed by atoms with van der Waals surface area (Å²) in [6.07, 6.45) is 0.819. The summed E-state index contributed by atoms with van der Waals surface area (Å²) in [5.74, 6) is -0.470. The van der Waals surface area contributed by atoms with E-state index in [1.165, 1.54) is 39.8 Å². The molecule has 2 atom stereocenters. The number of amides is 2. The van der Waals surface area contributed by atoms with Gasteiger partial charge < -0.3 is 25.0 Å². The number of carbonyl (C=O) groups is 3. The Morgan fingerprint density at radius 3 is 2.20 bits per heavy atom. The third-order valence-corrected chi connectivity index (χ3v) is 13.3. The summed E-state index contributed by atoms with van der Waals surface area (Å²) in [6.45, 7) is 2.57. The maximum atomic E-state index is 14.1. The van der Waals surface area contributed by atoms with Gasteiger partial charge in [0.15, 0.2) is 11.5 Å². The Labute approximate surface area is 336 Å². The maximum Gasteiger partial charge on any atom is 0.410 e. The van der Waals surface area contributed by atoms with Gasteiger partial charge in [0.25, 0.3) is 0 Å². The van der Waals surface area contributed by atoms with Crippen LogP contribution in [-0.2, 0) is 25.7 Å². The molecule has 1 aromatic heterocycles. The molecule has 13 heteroatoms. The molecule has 56 heavy (non-hydrogen) atoms. The highest BCUT2D eigenvalue weighted by molar-refractivity contribution is 8.04. The van der Waals surface area contributed by atoms with Gasteiger partial charge in [-0.15, -0.1) is 23.1 Å². The SMILES string of the molecule is N[C@@H]1C(=O)N2C(C(=O)OC(c3ccccc3)c3ccccc3)=C(C=CSc3cc(=O)c4ccc(N5CCN(C(=O)OCc6ccccc6)CC5)cc4s3)CS[C@@H]12. The van der Waals surface area contributed by atoms with Crippen molar-refractivity contribution in [2.75, 3.05) is 36.8 Å². The van der Waals surface area contributed by atoms with Crippen LogP contribution < -0.4 is 16.1 Å². The van der Waals surface area contributed by atoms with Crippen LogP contribution in [0.15, 0.2) is 147 Å². The maximum absolute atomic E-state index is 14.1. The van der Waals surface area contributed by atoms with Crippen LogP contribution in [-0.4, -0.2) is 71.1 Å². The zero-order chi connectivity index (χ0) is 38.6. The van der Waals surface area contributed by atoms with E-state index in [0.717, 1.165) is 31.3 Å². The fourth-order valence-corrected chi connectivity index (χ4v) is 10.2. The van der Waals surface area contributed by atoms with Gasteiger partial charge in [0.05, 0.1) is 4.21 Å². The third kappa shape index (κ3) is 7.98. The van der Waals surface area contributed by atoms with Crippen LogP contribution in [0.5, 0.6) is 0 Å². The number of allylic oxidation sites excluding steroid dienone is 1. The van der Waals surface area contributed by atoms with Gasteiger partial charge in [0, 0.05) is 53.8 Å². The molecule has 0 saturated carbocycles. The summed E-state index contributed by atoms with van der Waals surface area (Å²) >= 11 is 4.39. The highest BCUT2D eigenvalue weighted by atomic mass is 32.2. The van der Waals surface area contributed by atoms with Crippen LogP contribution in [0.2, 0.25) is 0 Å². The third-order valence-electron chi connectivity index (χ3n) is 9.91. The number of ether oxygens (including phenoxy) is 2. The Kier molecular flexibility index (Phi) is 11.3. The van der Waals surface area contributed by atoms with Crippen molar-refractivity contribution in [1.82, 2.24) is 9.80 Å². The lowest BCUT2D eigenvalue weighted by molar-refractivity contribution is -0.153. The molecule has 10 nitrogen and oxygen atoms in total. The lowest BCUT2D eigenvalue weighted by atomic mass is 10.0. The zero-order valence-corrected chi connectivity index (χ0v) is 32.6. The summed E-state index contributed by atoms with van der Waals surface area (Å²) in [6, 6.07) is 35.4. The first-order valence-corrected chi connectivity index (χ1v) is 20.9. The van der Waals surface area contributed by atoms with E-state index in [4.69, 9.17) is 15.2 Å². The van der Waals surface area contributed by atoms with Crippen LogP contribution >= 0.6 is 34.9 Å². The van der Waals surface area contributed by atoms with E-state index in [9.17, 15) is 19.2 Å². The van der Waals surface area contributed by atoms with E-state index in [1.54, 1.807) is 11.0 Å². The van der Waals surface area contributed by atoms with Crippen molar-refractivity contribution in [2.24, 2.45) is 5.73 Å². The predicted octanol–water partition coefficient (Wildman–Crippen LogP) is 7.16. The van der Waals surface area contributed by atoms with Gasteiger partial charge in [0.1, 0.15) is 23.7 Å². The number of carbonyl (C=O) groups excluding carboxylic acids is 3. The molecule has 4 aromatic carbocycles. The van der Waals surface area contributed by atoms with Gasteiger partial charge in [-0.3, -0.25) is 14.5 Å². The molecular weight excluding hydrogens is 765 g/mol. The fourth-order valence-electron chi connectivity index (χ4n) is 6.92. The highest BCUT2D eigenvalue weighted by Crippen LogP contribution is 2.42. The molecule has 0 aliphatic carbocycles. The molecule has 2 amide bonds. The number of hydrogen-bond acceptors (Lipinski definition) is 11. The number of piperazine rings is 1. The van der Waals surface area contributed by atoms with Crippen molar-refractivity contribution in [3.8, 4) is 0 Å². The quantitative estimate of drug-likeness (QED) is 0.0885. The standard InChI is InChI=1S/C43H38N4O6S3/c44-37-40(49)47-38(42(50)53-39(29-12-6-2-7-13-29)30-14-8-3-9-15-30)31(27-55-41(37)47)18-23-54-36-25-34(48)33-17-16-32(24-35(33)56-36)45-19-21-46(22-20-45)43(51)52-26-28-10-4-1-5-11-28/h1-18,23-25,37,39,41H,19-22,26-27,44H2/t37-,41+/m1/s1. The number of nitrogens with zero attached hydrogens (tertiary/aromatic N) is 3. The number of hydrogen-bond donors (Lipinski definition) is 1. The number of β-lactam (4-membered cyclic amide) rings is 1. The second kappa shape index (κ2) is 16.8. The van der Waals surface area contributed by atoms with Crippen LogP contribution in [0.3, 0.4) is 0 Å². The molecule has 0 bridgehead atoms. The molecule has 5 aromatic rings. The first-order chi connectivity index (χ1) is 27.3. The van der Waals surface area contributed by atoms with Gasteiger partial charge in [-0.2, -0.15) is 0 Å². The van der Waals surface area contributed by atoms with Gasteiger partial charge in [-0.05, 0) is 51.9 Å². The molecule has 0 spiro atoms. The average molecular weight is 803 g/mol. The van der Waals surface area contributed by atoms with Gasteiger partial charge in [-0.25, -0.2) is 9.59 Å². The minimum absolute atomic E-state index is 0.0836. The number of thioether (sulfide) groups is 2. The number of esters is 1. The minimum Gasteiger partial charge on any atom is -0.448 e. The van der Waals surface area contributed by atoms with Crippen LogP contribution in [0.1, 0.15) is 22.8 Å². The number of anilines is 1. The van der Waals surface area contributed by atoms with E-state index in [2.05, 4.69) is 4.90 Å². The van der Waals surface area contributed by atoms with E-state index < -0.39 is 18.1 Å². The van der Waals surface area contributed by atoms with E-state index in [0.29, 0.717) is 42.9 Å². The topological polar surface area (TPSA) is 122 Å². The normalized spacial score (nSPS) is 18.3.